The van der Waals surface area contributed by atoms with Crippen LogP contribution in [0.4, 0.5) is 0 Å². The molecule has 1 unspecified atom stereocenters. The summed E-state index contributed by atoms with van der Waals surface area (Å²) >= 11 is 0. The lowest BCUT2D eigenvalue weighted by Gasteiger charge is -2.07. The van der Waals surface area contributed by atoms with Crippen LogP contribution in [0.2, 0.25) is 0 Å². The van der Waals surface area contributed by atoms with E-state index < -0.39 is 12.1 Å². The second-order valence-electron chi connectivity index (χ2n) is 2.98. The first-order valence-electron chi connectivity index (χ1n) is 4.69. The Hall–Kier alpha value is -0.610. The lowest BCUT2D eigenvalue weighted by atomic mass is 10.2. The highest BCUT2D eigenvalue weighted by molar-refractivity contribution is 5.73. The molecule has 0 radical (unpaired) electrons. The van der Waals surface area contributed by atoms with E-state index in [1.165, 1.54) is 6.92 Å². The van der Waals surface area contributed by atoms with E-state index in [0.29, 0.717) is 6.61 Å². The maximum absolute atomic E-state index is 10.9. The van der Waals surface area contributed by atoms with E-state index in [4.69, 9.17) is 9.99 Å². The summed E-state index contributed by atoms with van der Waals surface area (Å²) < 4.78 is 4.82. The van der Waals surface area contributed by atoms with Crippen LogP contribution in [0.3, 0.4) is 0 Å². The van der Waals surface area contributed by atoms with E-state index in [-0.39, 0.29) is 0 Å². The van der Waals surface area contributed by atoms with Crippen LogP contribution in [0.15, 0.2) is 0 Å². The summed E-state index contributed by atoms with van der Waals surface area (Å²) in [4.78, 5) is 14.7. The van der Waals surface area contributed by atoms with Crippen molar-refractivity contribution in [1.29, 1.82) is 0 Å². The highest BCUT2D eigenvalue weighted by Crippen LogP contribution is 2.00. The fourth-order valence-electron chi connectivity index (χ4n) is 0.862. The molecule has 0 aliphatic rings. The number of rotatable bonds is 7. The number of hydrogen-bond donors (Lipinski definition) is 1. The largest absolute Gasteiger partial charge is 0.464 e. The monoisotopic (exact) mass is 190 g/mol. The maximum Gasteiger partial charge on any atom is 0.338 e. The van der Waals surface area contributed by atoms with Crippen LogP contribution >= 0.6 is 0 Å². The van der Waals surface area contributed by atoms with Crippen LogP contribution in [-0.2, 0) is 14.4 Å². The molecule has 4 nitrogen and oxygen atoms in total. The second kappa shape index (κ2) is 8.01. The number of ether oxygens (including phenoxy) is 1. The number of carbonyl (C=O) groups is 1. The van der Waals surface area contributed by atoms with Crippen molar-refractivity contribution in [2.75, 3.05) is 6.61 Å². The van der Waals surface area contributed by atoms with Gasteiger partial charge in [-0.2, -0.15) is 0 Å². The van der Waals surface area contributed by atoms with Gasteiger partial charge in [-0.05, 0) is 13.3 Å². The van der Waals surface area contributed by atoms with Gasteiger partial charge in [-0.15, -0.1) is 0 Å². The quantitative estimate of drug-likeness (QED) is 0.288. The Morgan fingerprint density at radius 2 is 2.08 bits per heavy atom. The van der Waals surface area contributed by atoms with E-state index in [1.807, 2.05) is 0 Å². The Balaban J connectivity index is 3.27. The molecule has 0 fully saturated rings. The van der Waals surface area contributed by atoms with Crippen molar-refractivity contribution in [3.63, 3.8) is 0 Å². The molecule has 13 heavy (non-hydrogen) atoms. The lowest BCUT2D eigenvalue weighted by molar-refractivity contribution is -0.273. The van der Waals surface area contributed by atoms with Gasteiger partial charge in [-0.25, -0.2) is 9.68 Å². The summed E-state index contributed by atoms with van der Waals surface area (Å²) in [6.45, 7) is 3.97. The summed E-state index contributed by atoms with van der Waals surface area (Å²) in [6, 6.07) is 0. The molecule has 0 aromatic carbocycles. The van der Waals surface area contributed by atoms with Crippen LogP contribution in [0.1, 0.15) is 39.5 Å². The Morgan fingerprint density at radius 3 is 2.62 bits per heavy atom. The standard InChI is InChI=1S/C9H18O4/c1-3-4-5-6-7-12-9(10)8(2)13-11/h8,11H,3-7H2,1-2H3. The number of carbonyl (C=O) groups excluding carboxylic acids is 1. The van der Waals surface area contributed by atoms with Crippen molar-refractivity contribution in [2.24, 2.45) is 0 Å². The molecule has 0 heterocycles. The van der Waals surface area contributed by atoms with Gasteiger partial charge in [0.15, 0.2) is 6.10 Å². The molecule has 0 aromatic heterocycles. The van der Waals surface area contributed by atoms with Crippen molar-refractivity contribution in [1.82, 2.24) is 0 Å². The zero-order valence-corrected chi connectivity index (χ0v) is 8.28. The van der Waals surface area contributed by atoms with Crippen LogP contribution in [0.5, 0.6) is 0 Å². The molecular formula is C9H18O4. The maximum atomic E-state index is 10.9. The van der Waals surface area contributed by atoms with Crippen molar-refractivity contribution < 1.29 is 19.7 Å². The molecule has 0 rings (SSSR count). The molecular weight excluding hydrogens is 172 g/mol. The number of unbranched alkanes of at least 4 members (excludes halogenated alkanes) is 3. The highest BCUT2D eigenvalue weighted by Gasteiger charge is 2.13. The fourth-order valence-corrected chi connectivity index (χ4v) is 0.862. The summed E-state index contributed by atoms with van der Waals surface area (Å²) in [5.41, 5.74) is 0. The molecule has 0 saturated carbocycles. The Kier molecular flexibility index (Phi) is 7.63. The molecule has 0 aliphatic carbocycles. The van der Waals surface area contributed by atoms with Crippen LogP contribution in [0, 0.1) is 0 Å². The van der Waals surface area contributed by atoms with Gasteiger partial charge in [-0.1, -0.05) is 26.2 Å². The van der Waals surface area contributed by atoms with Crippen LogP contribution in [0.25, 0.3) is 0 Å². The number of hydrogen-bond acceptors (Lipinski definition) is 4. The molecule has 0 saturated heterocycles. The molecule has 0 spiro atoms. The van der Waals surface area contributed by atoms with Gasteiger partial charge >= 0.3 is 5.97 Å². The van der Waals surface area contributed by atoms with Gasteiger partial charge in [0.05, 0.1) is 6.61 Å². The normalized spacial score (nSPS) is 12.5. The molecule has 4 heteroatoms. The van der Waals surface area contributed by atoms with Crippen LogP contribution in [-0.4, -0.2) is 23.9 Å². The summed E-state index contributed by atoms with van der Waals surface area (Å²) in [7, 11) is 0. The molecule has 0 aromatic rings. The van der Waals surface area contributed by atoms with Crippen LogP contribution < -0.4 is 0 Å². The first kappa shape index (κ1) is 12.4. The lowest BCUT2D eigenvalue weighted by Crippen LogP contribution is -2.22. The average molecular weight is 190 g/mol. The van der Waals surface area contributed by atoms with Crippen molar-refractivity contribution in [3.05, 3.63) is 0 Å². The molecule has 78 valence electrons. The molecule has 1 atom stereocenters. The van der Waals surface area contributed by atoms with Gasteiger partial charge in [0.2, 0.25) is 0 Å². The molecule has 0 amide bonds. The Morgan fingerprint density at radius 1 is 1.38 bits per heavy atom. The zero-order valence-electron chi connectivity index (χ0n) is 8.28. The summed E-state index contributed by atoms with van der Waals surface area (Å²) in [6.07, 6.45) is 3.37. The predicted molar refractivity (Wildman–Crippen MR) is 48.3 cm³/mol. The van der Waals surface area contributed by atoms with Crippen molar-refractivity contribution in [3.8, 4) is 0 Å². The average Bonchev–Trinajstić information content (AvgIpc) is 2.16. The third-order valence-corrected chi connectivity index (χ3v) is 1.73. The minimum Gasteiger partial charge on any atom is -0.464 e. The first-order valence-corrected chi connectivity index (χ1v) is 4.69. The van der Waals surface area contributed by atoms with Crippen molar-refractivity contribution >= 4 is 5.97 Å². The Labute approximate surface area is 78.8 Å². The molecule has 0 aliphatic heterocycles. The number of esters is 1. The second-order valence-corrected chi connectivity index (χ2v) is 2.98. The van der Waals surface area contributed by atoms with E-state index in [2.05, 4.69) is 11.8 Å². The third-order valence-electron chi connectivity index (χ3n) is 1.73. The minimum absolute atomic E-state index is 0.409. The van der Waals surface area contributed by atoms with Gasteiger partial charge in [0.25, 0.3) is 0 Å². The Bertz CT molecular complexity index is 136. The SMILES string of the molecule is CCCCCCOC(=O)C(C)OO. The molecule has 1 N–H and O–H groups in total. The minimum atomic E-state index is -0.883. The van der Waals surface area contributed by atoms with Gasteiger partial charge in [0.1, 0.15) is 0 Å². The summed E-state index contributed by atoms with van der Waals surface area (Å²) in [5, 5.41) is 8.15. The summed E-state index contributed by atoms with van der Waals surface area (Å²) in [5.74, 6) is -0.515. The zero-order chi connectivity index (χ0) is 10.1. The van der Waals surface area contributed by atoms with E-state index >= 15 is 0 Å². The van der Waals surface area contributed by atoms with Gasteiger partial charge < -0.3 is 4.74 Å². The van der Waals surface area contributed by atoms with E-state index in [0.717, 1.165) is 25.7 Å². The van der Waals surface area contributed by atoms with E-state index in [1.54, 1.807) is 0 Å². The van der Waals surface area contributed by atoms with Gasteiger partial charge in [-0.3, -0.25) is 5.26 Å². The van der Waals surface area contributed by atoms with E-state index in [9.17, 15) is 4.79 Å². The fraction of sp³-hybridized carbons (Fsp3) is 0.889. The first-order chi connectivity index (χ1) is 6.22. The highest BCUT2D eigenvalue weighted by atomic mass is 17.1. The van der Waals surface area contributed by atoms with Crippen molar-refractivity contribution in [2.45, 2.75) is 45.6 Å². The van der Waals surface area contributed by atoms with Gasteiger partial charge in [0, 0.05) is 0 Å². The third kappa shape index (κ3) is 6.54. The predicted octanol–water partition coefficient (Wildman–Crippen LogP) is 1.99. The smallest absolute Gasteiger partial charge is 0.338 e. The topological polar surface area (TPSA) is 55.8 Å². The molecule has 0 bridgehead atoms.